The second-order valence-electron chi connectivity index (χ2n) is 4.81. The topological polar surface area (TPSA) is 66.4 Å². The molecule has 0 saturated carbocycles. The van der Waals surface area contributed by atoms with Gasteiger partial charge in [-0.3, -0.25) is 4.79 Å². The van der Waals surface area contributed by atoms with Gasteiger partial charge >= 0.3 is 5.97 Å². The van der Waals surface area contributed by atoms with Gasteiger partial charge in [0.2, 0.25) is 5.91 Å². The molecular formula is C16H21NO3. The van der Waals surface area contributed by atoms with Crippen molar-refractivity contribution in [3.8, 4) is 0 Å². The summed E-state index contributed by atoms with van der Waals surface area (Å²) in [5.41, 5.74) is 2.44. The first-order chi connectivity index (χ1) is 9.51. The SMILES string of the molecule is CCCCCC(=O)Nc1cc(C)cc(/C=C/C(=O)O)c1. The zero-order valence-corrected chi connectivity index (χ0v) is 12.0. The smallest absolute Gasteiger partial charge is 0.328 e. The number of anilines is 1. The van der Waals surface area contributed by atoms with Gasteiger partial charge in [-0.2, -0.15) is 0 Å². The summed E-state index contributed by atoms with van der Waals surface area (Å²) in [4.78, 5) is 22.3. The highest BCUT2D eigenvalue weighted by Gasteiger charge is 2.03. The Hall–Kier alpha value is -2.10. The molecular weight excluding hydrogens is 254 g/mol. The van der Waals surface area contributed by atoms with Crippen LogP contribution < -0.4 is 5.32 Å². The van der Waals surface area contributed by atoms with E-state index in [4.69, 9.17) is 5.11 Å². The molecule has 1 aromatic rings. The van der Waals surface area contributed by atoms with Crippen LogP contribution in [0.2, 0.25) is 0 Å². The van der Waals surface area contributed by atoms with E-state index in [1.165, 1.54) is 6.08 Å². The molecule has 4 heteroatoms. The van der Waals surface area contributed by atoms with Crippen molar-refractivity contribution < 1.29 is 14.7 Å². The van der Waals surface area contributed by atoms with E-state index in [9.17, 15) is 9.59 Å². The fourth-order valence-corrected chi connectivity index (χ4v) is 1.91. The molecule has 0 aromatic heterocycles. The Balaban J connectivity index is 2.70. The number of amides is 1. The van der Waals surface area contributed by atoms with Gasteiger partial charge in [-0.05, 0) is 42.7 Å². The van der Waals surface area contributed by atoms with Gasteiger partial charge in [0.25, 0.3) is 0 Å². The van der Waals surface area contributed by atoms with E-state index in [1.54, 1.807) is 6.07 Å². The van der Waals surface area contributed by atoms with Gasteiger partial charge in [0.05, 0.1) is 0 Å². The lowest BCUT2D eigenvalue weighted by Crippen LogP contribution is -2.11. The maximum atomic E-state index is 11.8. The molecule has 108 valence electrons. The first-order valence-corrected chi connectivity index (χ1v) is 6.84. The summed E-state index contributed by atoms with van der Waals surface area (Å²) in [6, 6.07) is 5.51. The number of hydrogen-bond acceptors (Lipinski definition) is 2. The van der Waals surface area contributed by atoms with Crippen LogP contribution in [0.5, 0.6) is 0 Å². The zero-order valence-electron chi connectivity index (χ0n) is 12.0. The monoisotopic (exact) mass is 275 g/mol. The second kappa shape index (κ2) is 8.15. The summed E-state index contributed by atoms with van der Waals surface area (Å²) in [5.74, 6) is -0.992. The molecule has 4 nitrogen and oxygen atoms in total. The minimum absolute atomic E-state index is 0.00258. The van der Waals surface area contributed by atoms with E-state index >= 15 is 0 Å². The summed E-state index contributed by atoms with van der Waals surface area (Å²) in [6.07, 6.45) is 6.14. The Kier molecular flexibility index (Phi) is 6.50. The first kappa shape index (κ1) is 16.0. The lowest BCUT2D eigenvalue weighted by molar-refractivity contribution is -0.131. The molecule has 0 atom stereocenters. The van der Waals surface area contributed by atoms with Gasteiger partial charge in [0.15, 0.2) is 0 Å². The Labute approximate surface area is 119 Å². The Morgan fingerprint density at radius 1 is 1.25 bits per heavy atom. The second-order valence-corrected chi connectivity index (χ2v) is 4.81. The average molecular weight is 275 g/mol. The molecule has 1 amide bonds. The lowest BCUT2D eigenvalue weighted by atomic mass is 10.1. The van der Waals surface area contributed by atoms with Crippen LogP contribution in [-0.4, -0.2) is 17.0 Å². The van der Waals surface area contributed by atoms with Crippen molar-refractivity contribution in [3.05, 3.63) is 35.4 Å². The van der Waals surface area contributed by atoms with Gasteiger partial charge in [-0.1, -0.05) is 25.8 Å². The molecule has 1 aromatic carbocycles. The van der Waals surface area contributed by atoms with Crippen LogP contribution in [0.15, 0.2) is 24.3 Å². The fraction of sp³-hybridized carbons (Fsp3) is 0.375. The minimum atomic E-state index is -0.989. The quantitative estimate of drug-likeness (QED) is 0.590. The van der Waals surface area contributed by atoms with Gasteiger partial charge < -0.3 is 10.4 Å². The molecule has 0 unspecified atom stereocenters. The summed E-state index contributed by atoms with van der Waals surface area (Å²) in [7, 11) is 0. The highest BCUT2D eigenvalue weighted by atomic mass is 16.4. The van der Waals surface area contributed by atoms with E-state index in [-0.39, 0.29) is 5.91 Å². The van der Waals surface area contributed by atoms with Crippen LogP contribution in [0.3, 0.4) is 0 Å². The predicted molar refractivity (Wildman–Crippen MR) is 80.6 cm³/mol. The van der Waals surface area contributed by atoms with Gasteiger partial charge in [-0.15, -0.1) is 0 Å². The van der Waals surface area contributed by atoms with Crippen molar-refractivity contribution in [2.24, 2.45) is 0 Å². The number of aliphatic carboxylic acids is 1. The number of nitrogens with one attached hydrogen (secondary N) is 1. The molecule has 0 radical (unpaired) electrons. The number of carbonyl (C=O) groups is 2. The molecule has 0 fully saturated rings. The highest BCUT2D eigenvalue weighted by Crippen LogP contribution is 2.16. The minimum Gasteiger partial charge on any atom is -0.478 e. The maximum Gasteiger partial charge on any atom is 0.328 e. The number of aryl methyl sites for hydroxylation is 1. The first-order valence-electron chi connectivity index (χ1n) is 6.84. The number of carbonyl (C=O) groups excluding carboxylic acids is 1. The molecule has 0 spiro atoms. The molecule has 0 heterocycles. The molecule has 1 rings (SSSR count). The Morgan fingerprint density at radius 3 is 2.65 bits per heavy atom. The van der Waals surface area contributed by atoms with Crippen molar-refractivity contribution in [1.82, 2.24) is 0 Å². The molecule has 0 aliphatic rings. The van der Waals surface area contributed by atoms with Gasteiger partial charge in [0.1, 0.15) is 0 Å². The van der Waals surface area contributed by atoms with Crippen molar-refractivity contribution >= 4 is 23.6 Å². The van der Waals surface area contributed by atoms with Crippen LogP contribution in [0.25, 0.3) is 6.08 Å². The zero-order chi connectivity index (χ0) is 15.0. The molecule has 2 N–H and O–H groups in total. The number of carboxylic acid groups (broad SMARTS) is 1. The van der Waals surface area contributed by atoms with Crippen LogP contribution in [-0.2, 0) is 9.59 Å². The Bertz CT molecular complexity index is 506. The van der Waals surface area contributed by atoms with Crippen LogP contribution in [0.4, 0.5) is 5.69 Å². The largest absolute Gasteiger partial charge is 0.478 e. The third kappa shape index (κ3) is 6.18. The average Bonchev–Trinajstić information content (AvgIpc) is 2.36. The maximum absolute atomic E-state index is 11.8. The third-order valence-electron chi connectivity index (χ3n) is 2.81. The number of hydrogen-bond donors (Lipinski definition) is 2. The van der Waals surface area contributed by atoms with Crippen molar-refractivity contribution in [2.75, 3.05) is 5.32 Å². The van der Waals surface area contributed by atoms with Gasteiger partial charge in [0, 0.05) is 18.2 Å². The summed E-state index contributed by atoms with van der Waals surface area (Å²) >= 11 is 0. The van der Waals surface area contributed by atoms with Crippen molar-refractivity contribution in [3.63, 3.8) is 0 Å². The molecule has 20 heavy (non-hydrogen) atoms. The standard InChI is InChI=1S/C16H21NO3/c1-3-4-5-6-15(18)17-14-10-12(2)9-13(11-14)7-8-16(19)20/h7-11H,3-6H2,1-2H3,(H,17,18)(H,19,20)/b8-7+. The number of rotatable bonds is 7. The van der Waals surface area contributed by atoms with Crippen molar-refractivity contribution in [2.45, 2.75) is 39.5 Å². The van der Waals surface area contributed by atoms with E-state index in [2.05, 4.69) is 12.2 Å². The summed E-state index contributed by atoms with van der Waals surface area (Å²) in [6.45, 7) is 4.00. The van der Waals surface area contributed by atoms with E-state index < -0.39 is 5.97 Å². The summed E-state index contributed by atoms with van der Waals surface area (Å²) in [5, 5.41) is 11.5. The van der Waals surface area contributed by atoms with E-state index in [1.807, 2.05) is 19.1 Å². The van der Waals surface area contributed by atoms with E-state index in [0.717, 1.165) is 36.5 Å². The van der Waals surface area contributed by atoms with Crippen LogP contribution >= 0.6 is 0 Å². The molecule has 0 bridgehead atoms. The van der Waals surface area contributed by atoms with Crippen LogP contribution in [0, 0.1) is 6.92 Å². The molecule has 0 saturated heterocycles. The Morgan fingerprint density at radius 2 is 2.00 bits per heavy atom. The van der Waals surface area contributed by atoms with Crippen molar-refractivity contribution in [1.29, 1.82) is 0 Å². The number of benzene rings is 1. The fourth-order valence-electron chi connectivity index (χ4n) is 1.91. The van der Waals surface area contributed by atoms with Gasteiger partial charge in [-0.25, -0.2) is 4.79 Å². The van der Waals surface area contributed by atoms with Crippen LogP contribution in [0.1, 0.15) is 43.7 Å². The third-order valence-corrected chi connectivity index (χ3v) is 2.81. The number of carboxylic acids is 1. The van der Waals surface area contributed by atoms with E-state index in [0.29, 0.717) is 12.1 Å². The normalized spacial score (nSPS) is 10.7. The predicted octanol–water partition coefficient (Wildman–Crippen LogP) is 3.61. The number of unbranched alkanes of at least 4 members (excludes halogenated alkanes) is 2. The lowest BCUT2D eigenvalue weighted by Gasteiger charge is -2.07. The summed E-state index contributed by atoms with van der Waals surface area (Å²) < 4.78 is 0. The highest BCUT2D eigenvalue weighted by molar-refractivity contribution is 5.91. The molecule has 0 aliphatic carbocycles. The molecule has 0 aliphatic heterocycles.